The van der Waals surface area contributed by atoms with Gasteiger partial charge in [0.1, 0.15) is 16.1 Å². The molecule has 140 heavy (non-hydrogen) atoms. The predicted octanol–water partition coefficient (Wildman–Crippen LogP) is 22.8. The SMILES string of the molecule is CC1(C)ON(c2ccc3nc(F)ncc3c2)OC1(C)C.CN(C)C1CCC(N)CC1.Cc1nc(CS(=O)(=O)c2cccc(Cl)c2Cl)ccc1-c1ccc2nc(F)ncc2c1.Cc1nc(CS(=O)(=O)c2cccc(Cl)c2Cl)ccc1-c1ccc2nc(NC3CCC(N(C)C)CC3)ncc2c1.Cc1nc(N)c(F)cc1Br.Cc1nc(NS(=O)(=O)c2ccccc2Cl)c(F)cc1Br.Cl.O.O.Sc1ccccc1Cl. The zero-order valence-corrected chi connectivity index (χ0v) is 89.6. The van der Waals surface area contributed by atoms with Crippen molar-refractivity contribution >= 4 is 212 Å². The van der Waals surface area contributed by atoms with Crippen molar-refractivity contribution in [3.63, 3.8) is 0 Å². The third-order valence-corrected chi connectivity index (χ3v) is 32.2. The fraction of sp³-hybridized carbons (Fsp3) is 0.292. The van der Waals surface area contributed by atoms with Crippen LogP contribution in [0.2, 0.25) is 30.1 Å². The van der Waals surface area contributed by atoms with Gasteiger partial charge in [-0.1, -0.05) is 130 Å². The molecule has 0 spiro atoms. The Bertz CT molecular complexity index is 7000. The van der Waals surface area contributed by atoms with Crippen LogP contribution >= 0.6 is 127 Å². The zero-order valence-electron chi connectivity index (χ0n) is 77.7. The number of fused-ring (bicyclic) bond motifs is 3. The van der Waals surface area contributed by atoms with Crippen LogP contribution in [-0.2, 0) is 50.9 Å². The number of aryl methyl sites for hydroxylation is 4. The maximum Gasteiger partial charge on any atom is 0.309 e. The van der Waals surface area contributed by atoms with Crippen LogP contribution in [0.4, 0.5) is 40.8 Å². The molecule has 2 saturated carbocycles. The van der Waals surface area contributed by atoms with Crippen molar-refractivity contribution in [1.29, 1.82) is 0 Å². The monoisotopic (exact) mass is 2260 g/mol. The zero-order chi connectivity index (χ0) is 99.9. The molecule has 0 radical (unpaired) electrons. The minimum absolute atomic E-state index is 0. The summed E-state index contributed by atoms with van der Waals surface area (Å²) in [4.78, 5) is 57.5. The average Bonchev–Trinajstić information content (AvgIpc) is 1.61. The average molecular weight is 2270 g/mol. The molecule has 14 aromatic rings. The fourth-order valence-electron chi connectivity index (χ4n) is 14.4. The Labute approximate surface area is 869 Å². The van der Waals surface area contributed by atoms with E-state index in [-0.39, 0.29) is 86.3 Å². The minimum Gasteiger partial charge on any atom is -0.412 e. The largest absolute Gasteiger partial charge is 0.412 e. The van der Waals surface area contributed by atoms with Crippen molar-refractivity contribution in [3.8, 4) is 22.3 Å². The topological polar surface area (TPSA) is 399 Å². The van der Waals surface area contributed by atoms with Crippen molar-refractivity contribution in [2.45, 2.75) is 173 Å². The molecule has 0 unspecified atom stereocenters. The molecule has 10 N–H and O–H groups in total. The molecule has 1 saturated heterocycles. The van der Waals surface area contributed by atoms with Gasteiger partial charge in [-0.15, -0.1) is 30.3 Å². The first kappa shape index (κ1) is 116. The molecule has 2 aliphatic carbocycles. The van der Waals surface area contributed by atoms with Gasteiger partial charge in [-0.2, -0.15) is 8.78 Å². The van der Waals surface area contributed by atoms with Gasteiger partial charge in [0, 0.05) is 95.3 Å². The van der Waals surface area contributed by atoms with E-state index >= 15 is 0 Å². The van der Waals surface area contributed by atoms with E-state index in [1.165, 1.54) is 105 Å². The Morgan fingerprint density at radius 2 is 0.893 bits per heavy atom. The number of nitrogens with zero attached hydrogens (tertiary/aromatic N) is 13. The summed E-state index contributed by atoms with van der Waals surface area (Å²) in [6.07, 6.45) is 12.7. The van der Waals surface area contributed by atoms with Crippen LogP contribution in [0.15, 0.2) is 223 Å². The summed E-state index contributed by atoms with van der Waals surface area (Å²) in [5, 5.41) is 8.41. The summed E-state index contributed by atoms with van der Waals surface area (Å²) in [5.74, 6) is -1.61. The lowest BCUT2D eigenvalue weighted by molar-refractivity contribution is -0.0272. The second kappa shape index (κ2) is 51.0. The van der Waals surface area contributed by atoms with Gasteiger partial charge >= 0.3 is 12.2 Å². The lowest BCUT2D eigenvalue weighted by Crippen LogP contribution is -2.41. The van der Waals surface area contributed by atoms with Gasteiger partial charge in [0.2, 0.25) is 5.95 Å². The van der Waals surface area contributed by atoms with Crippen LogP contribution < -0.4 is 26.7 Å². The van der Waals surface area contributed by atoms with E-state index < -0.39 is 64.7 Å². The number of halogens is 13. The van der Waals surface area contributed by atoms with Crippen molar-refractivity contribution in [2.75, 3.05) is 49.2 Å². The molecular formula is C96H104Br2Cl7F4N17O10S4. The summed E-state index contributed by atoms with van der Waals surface area (Å²) in [7, 11) is -2.83. The number of nitrogens with one attached hydrogen (secondary N) is 2. The summed E-state index contributed by atoms with van der Waals surface area (Å²) < 4.78 is 131. The molecule has 27 nitrogen and oxygen atoms in total. The van der Waals surface area contributed by atoms with Gasteiger partial charge < -0.3 is 37.5 Å². The summed E-state index contributed by atoms with van der Waals surface area (Å²) in [6, 6.07) is 50.9. The molecule has 7 aromatic heterocycles. The molecule has 8 heterocycles. The summed E-state index contributed by atoms with van der Waals surface area (Å²) in [6.45, 7) is 14.9. The number of nitrogen functional groups attached to an aromatic ring is 1. The van der Waals surface area contributed by atoms with Gasteiger partial charge in [0.15, 0.2) is 42.9 Å². The normalized spacial score (nSPS) is 15.8. The molecule has 17 rings (SSSR count). The molecule has 748 valence electrons. The van der Waals surface area contributed by atoms with E-state index in [0.29, 0.717) is 88.6 Å². The highest BCUT2D eigenvalue weighted by Crippen LogP contribution is 2.42. The number of pyridine rings is 4. The van der Waals surface area contributed by atoms with Crippen LogP contribution in [0.3, 0.4) is 0 Å². The number of hydrogen-bond donors (Lipinski definition) is 5. The molecule has 3 fully saturated rings. The first-order valence-corrected chi connectivity index (χ1v) is 51.7. The predicted molar refractivity (Wildman–Crippen MR) is 562 cm³/mol. The third kappa shape index (κ3) is 31.0. The lowest BCUT2D eigenvalue weighted by Gasteiger charge is -2.32. The third-order valence-electron chi connectivity index (χ3n) is 22.7. The first-order valence-electron chi connectivity index (χ1n) is 42.6. The Morgan fingerprint density at radius 3 is 1.34 bits per heavy atom. The number of thiol groups is 1. The van der Waals surface area contributed by atoms with E-state index in [2.05, 4.69) is 137 Å². The lowest BCUT2D eigenvalue weighted by atomic mass is 9.90. The highest BCUT2D eigenvalue weighted by atomic mass is 79.9. The fourth-order valence-corrected chi connectivity index (χ4v) is 20.9. The van der Waals surface area contributed by atoms with Crippen LogP contribution in [0.5, 0.6) is 0 Å². The Hall–Kier alpha value is -9.01. The van der Waals surface area contributed by atoms with Gasteiger partial charge in [-0.05, 0) is 293 Å². The van der Waals surface area contributed by atoms with Gasteiger partial charge in [0.25, 0.3) is 10.0 Å². The van der Waals surface area contributed by atoms with Crippen LogP contribution in [0.1, 0.15) is 113 Å². The Morgan fingerprint density at radius 1 is 0.479 bits per heavy atom. The number of sulfonamides is 1. The van der Waals surface area contributed by atoms with E-state index in [1.807, 2.05) is 95.4 Å². The van der Waals surface area contributed by atoms with Gasteiger partial charge in [-0.25, -0.2) is 83.6 Å². The number of hydrogen-bond acceptors (Lipinski definition) is 25. The molecule has 44 heteroatoms. The summed E-state index contributed by atoms with van der Waals surface area (Å²) in [5.41, 5.74) is 19.6. The first-order chi connectivity index (χ1) is 64.5. The maximum atomic E-state index is 13.7. The highest BCUT2D eigenvalue weighted by Gasteiger charge is 2.50. The smallest absolute Gasteiger partial charge is 0.309 e. The number of rotatable bonds is 16. The number of nitrogens with two attached hydrogens (primary N) is 2. The molecule has 0 atom stereocenters. The molecule has 7 aromatic carbocycles. The number of sulfone groups is 2. The van der Waals surface area contributed by atoms with Gasteiger partial charge in [-0.3, -0.25) is 14.7 Å². The molecule has 1 aliphatic heterocycles. The maximum absolute atomic E-state index is 13.7. The van der Waals surface area contributed by atoms with Crippen molar-refractivity contribution in [1.82, 2.24) is 59.6 Å². The van der Waals surface area contributed by atoms with E-state index in [9.17, 15) is 42.8 Å². The Balaban J connectivity index is 0.000000212. The molecule has 0 bridgehead atoms. The highest BCUT2D eigenvalue weighted by molar-refractivity contribution is 9.10. The number of aromatic nitrogens is 10. The quantitative estimate of drug-likeness (QED) is 0.0341. The van der Waals surface area contributed by atoms with Gasteiger partial charge in [0.05, 0.1) is 96.4 Å². The van der Waals surface area contributed by atoms with E-state index in [0.717, 1.165) is 74.1 Å². The number of anilines is 4. The summed E-state index contributed by atoms with van der Waals surface area (Å²) >= 11 is 46.0. The van der Waals surface area contributed by atoms with Crippen LogP contribution in [-0.4, -0.2) is 159 Å². The van der Waals surface area contributed by atoms with Crippen molar-refractivity contribution in [2.24, 2.45) is 5.73 Å². The van der Waals surface area contributed by atoms with E-state index in [1.54, 1.807) is 87.5 Å². The van der Waals surface area contributed by atoms with Crippen molar-refractivity contribution < 1.29 is 63.4 Å². The van der Waals surface area contributed by atoms with Crippen LogP contribution in [0.25, 0.3) is 55.0 Å². The molecule has 0 amide bonds. The standard InChI is InChI=1S/C29H31Cl2N5O2S.C21H14Cl2FN3O2S.C14H16FN3O2.C12H9BrClFN2O2S.C8H18N2.C6H6BrFN2.C6H5ClS.ClH.2H2O/c1-18-24(13-10-22(33-18)17-39(37,38)27-6-4-5-25(30)28(27)31)19-7-14-26-20(15-19)16-32-29(35-26)34-21-8-11-23(12-9-21)36(2)3;1-12-16(13-5-8-18-14(9-13)10-25-21(24)27-18)7-6-15(26-12)11-30(28,29)19-4-2-3-17(22)20(19)23;1-13(2)14(3,4)20-18(19-13)10-5-6-11-9(7-10)8-16-12(15)17-11;1-7-8(13)6-10(15)12(16-7)17-20(18,19)11-5-3-2-4-9(11)14;1-10(2)8-5-3-7(9)4-6-8;1-3-4(7)2-5(8)6(9)10-3;7-5-3-1-2-4-6(5)8;;;/h4-7,10,13-16,21,23H,8-9,11-12,17H2,1-3H3,(H,32,34,35);2-10H,11H2,1H3;5-8H,1-4H3;2-6H,1H3,(H,16,17);7-8H,3-6,9H2,1-2H3;2H,1H3,(H2,9,10);1-4,8H;1H;2*1H2. The Kier molecular flexibility index (Phi) is 42.3. The van der Waals surface area contributed by atoms with Crippen LogP contribution in [0, 0.1) is 51.5 Å². The minimum atomic E-state index is -4.00. The van der Waals surface area contributed by atoms with Crippen molar-refractivity contribution in [3.05, 3.63) is 292 Å². The second-order valence-corrected chi connectivity index (χ2v) is 43.8. The van der Waals surface area contributed by atoms with E-state index in [4.69, 9.17) is 95.7 Å². The number of benzene rings is 7. The molecule has 3 aliphatic rings. The molecular weight excluding hydrogens is 2160 g/mol. The second-order valence-electron chi connectivity index (χ2n) is 33.7.